The molecule has 3 nitrogen and oxygen atoms in total. The fourth-order valence-corrected chi connectivity index (χ4v) is 1.31. The smallest absolute Gasteiger partial charge is 0.306 e. The number of carboxylic acid groups (broad SMARTS) is 1. The van der Waals surface area contributed by atoms with Crippen LogP contribution >= 0.6 is 0 Å². The van der Waals surface area contributed by atoms with Gasteiger partial charge in [-0.15, -0.1) is 0 Å². The first kappa shape index (κ1) is 12.3. The van der Waals surface area contributed by atoms with Crippen molar-refractivity contribution < 1.29 is 23.5 Å². The van der Waals surface area contributed by atoms with Crippen molar-refractivity contribution in [2.45, 2.75) is 13.3 Å². The highest BCUT2D eigenvalue weighted by molar-refractivity contribution is 5.78. The molecule has 1 atom stereocenters. The van der Waals surface area contributed by atoms with Crippen molar-refractivity contribution >= 4 is 12.3 Å². The summed E-state index contributed by atoms with van der Waals surface area (Å²) >= 11 is 0. The molecule has 0 saturated carbocycles. The molecule has 0 heterocycles. The number of hydrogen-bond donors (Lipinski definition) is 1. The Labute approximate surface area is 90.7 Å². The second kappa shape index (κ2) is 4.83. The van der Waals surface area contributed by atoms with Crippen LogP contribution in [0, 0.1) is 17.6 Å². The Morgan fingerprint density at radius 2 is 2.00 bits per heavy atom. The Bertz CT molecular complexity index is 429. The summed E-state index contributed by atoms with van der Waals surface area (Å²) < 4.78 is 25.7. The summed E-state index contributed by atoms with van der Waals surface area (Å²) in [6.07, 6.45) is 0.368. The third kappa shape index (κ3) is 2.62. The molecule has 5 heteroatoms. The monoisotopic (exact) mass is 228 g/mol. The highest BCUT2D eigenvalue weighted by atomic mass is 19.2. The van der Waals surface area contributed by atoms with E-state index in [1.54, 1.807) is 0 Å². The van der Waals surface area contributed by atoms with Crippen LogP contribution < -0.4 is 0 Å². The first-order chi connectivity index (χ1) is 7.45. The molecule has 0 spiro atoms. The lowest BCUT2D eigenvalue weighted by Gasteiger charge is -2.09. The highest BCUT2D eigenvalue weighted by Gasteiger charge is 2.16. The molecule has 1 N–H and O–H groups in total. The summed E-state index contributed by atoms with van der Waals surface area (Å²) in [4.78, 5) is 21.2. The summed E-state index contributed by atoms with van der Waals surface area (Å²) in [5, 5.41) is 8.67. The zero-order valence-electron chi connectivity index (χ0n) is 8.54. The predicted molar refractivity (Wildman–Crippen MR) is 52.2 cm³/mol. The lowest BCUT2D eigenvalue weighted by atomic mass is 9.97. The molecule has 0 aromatic heterocycles. The van der Waals surface area contributed by atoms with Crippen molar-refractivity contribution in [2.75, 3.05) is 0 Å². The zero-order chi connectivity index (χ0) is 12.3. The Balaban J connectivity index is 3.07. The number of carbonyl (C=O) groups excluding carboxylic acids is 1. The molecule has 1 unspecified atom stereocenters. The summed E-state index contributed by atoms with van der Waals surface area (Å²) in [5.74, 6) is -4.02. The second-order valence-electron chi connectivity index (χ2n) is 3.53. The van der Waals surface area contributed by atoms with Gasteiger partial charge >= 0.3 is 5.97 Å². The molecule has 0 aliphatic carbocycles. The van der Waals surface area contributed by atoms with Crippen LogP contribution in [-0.4, -0.2) is 17.4 Å². The molecule has 0 aliphatic rings. The van der Waals surface area contributed by atoms with E-state index in [1.165, 1.54) is 6.92 Å². The maximum Gasteiger partial charge on any atom is 0.306 e. The zero-order valence-corrected chi connectivity index (χ0v) is 8.54. The highest BCUT2D eigenvalue weighted by Crippen LogP contribution is 2.17. The number of aldehydes is 1. The van der Waals surface area contributed by atoms with Gasteiger partial charge in [0.05, 0.1) is 5.92 Å². The third-order valence-corrected chi connectivity index (χ3v) is 2.26. The molecule has 1 rings (SSSR count). The molecule has 86 valence electrons. The minimum absolute atomic E-state index is 0.0133. The molecular weight excluding hydrogens is 218 g/mol. The average molecular weight is 228 g/mol. The van der Waals surface area contributed by atoms with Gasteiger partial charge in [0.2, 0.25) is 0 Å². The number of halogens is 2. The molecule has 0 fully saturated rings. The standard InChI is InChI=1S/C11H10F2O3/c1-6(11(15)16)2-7-3-9(12)10(13)4-8(7)5-14/h3-6H,2H2,1H3,(H,15,16). The van der Waals surface area contributed by atoms with Crippen LogP contribution in [0.25, 0.3) is 0 Å². The number of rotatable bonds is 4. The van der Waals surface area contributed by atoms with Gasteiger partial charge in [-0.25, -0.2) is 8.78 Å². The van der Waals surface area contributed by atoms with E-state index in [2.05, 4.69) is 0 Å². The Hall–Kier alpha value is -1.78. The SMILES string of the molecule is CC(Cc1cc(F)c(F)cc1C=O)C(=O)O. The summed E-state index contributed by atoms with van der Waals surface area (Å²) in [5.41, 5.74) is 0.177. The van der Waals surface area contributed by atoms with E-state index < -0.39 is 23.5 Å². The first-order valence-electron chi connectivity index (χ1n) is 4.61. The molecule has 0 saturated heterocycles. The minimum atomic E-state index is -1.12. The summed E-state index contributed by atoms with van der Waals surface area (Å²) in [7, 11) is 0. The molecule has 1 aromatic carbocycles. The number of carboxylic acids is 1. The quantitative estimate of drug-likeness (QED) is 0.802. The minimum Gasteiger partial charge on any atom is -0.481 e. The first-order valence-corrected chi connectivity index (χ1v) is 4.61. The lowest BCUT2D eigenvalue weighted by molar-refractivity contribution is -0.141. The fourth-order valence-electron chi connectivity index (χ4n) is 1.31. The van der Waals surface area contributed by atoms with Crippen LogP contribution in [0.1, 0.15) is 22.8 Å². The maximum atomic E-state index is 12.9. The van der Waals surface area contributed by atoms with Gasteiger partial charge in [-0.05, 0) is 24.1 Å². The predicted octanol–water partition coefficient (Wildman–Crippen LogP) is 2.04. The van der Waals surface area contributed by atoms with E-state index in [9.17, 15) is 18.4 Å². The van der Waals surface area contributed by atoms with Crippen molar-refractivity contribution in [2.24, 2.45) is 5.92 Å². The van der Waals surface area contributed by atoms with Crippen LogP contribution in [0.15, 0.2) is 12.1 Å². The van der Waals surface area contributed by atoms with E-state index >= 15 is 0 Å². The van der Waals surface area contributed by atoms with Crippen molar-refractivity contribution in [3.63, 3.8) is 0 Å². The molecule has 16 heavy (non-hydrogen) atoms. The van der Waals surface area contributed by atoms with E-state index in [0.717, 1.165) is 12.1 Å². The van der Waals surface area contributed by atoms with Crippen molar-refractivity contribution in [3.8, 4) is 0 Å². The molecule has 1 aromatic rings. The molecule has 0 aliphatic heterocycles. The molecular formula is C11H10F2O3. The second-order valence-corrected chi connectivity index (χ2v) is 3.53. The van der Waals surface area contributed by atoms with E-state index in [4.69, 9.17) is 5.11 Å². The Morgan fingerprint density at radius 1 is 1.44 bits per heavy atom. The van der Waals surface area contributed by atoms with Crippen LogP contribution in [0.3, 0.4) is 0 Å². The number of hydrogen-bond acceptors (Lipinski definition) is 2. The van der Waals surface area contributed by atoms with Gasteiger partial charge in [0.1, 0.15) is 6.29 Å². The van der Waals surface area contributed by atoms with Gasteiger partial charge in [0, 0.05) is 5.56 Å². The summed E-state index contributed by atoms with van der Waals surface area (Å²) in [6.45, 7) is 1.43. The van der Waals surface area contributed by atoms with E-state index in [1.807, 2.05) is 0 Å². The van der Waals surface area contributed by atoms with Crippen LogP contribution in [-0.2, 0) is 11.2 Å². The van der Waals surface area contributed by atoms with Gasteiger partial charge < -0.3 is 5.11 Å². The molecule has 0 radical (unpaired) electrons. The van der Waals surface area contributed by atoms with Gasteiger partial charge in [-0.1, -0.05) is 6.92 Å². The van der Waals surface area contributed by atoms with Gasteiger partial charge in [0.15, 0.2) is 11.6 Å². The fraction of sp³-hybridized carbons (Fsp3) is 0.273. The van der Waals surface area contributed by atoms with Crippen molar-refractivity contribution in [1.82, 2.24) is 0 Å². The average Bonchev–Trinajstić information content (AvgIpc) is 2.22. The van der Waals surface area contributed by atoms with Crippen LogP contribution in [0.5, 0.6) is 0 Å². The molecule has 0 bridgehead atoms. The Kier molecular flexibility index (Phi) is 3.71. The Morgan fingerprint density at radius 3 is 2.50 bits per heavy atom. The maximum absolute atomic E-state index is 12.9. The third-order valence-electron chi connectivity index (χ3n) is 2.26. The normalized spacial score (nSPS) is 12.2. The topological polar surface area (TPSA) is 54.4 Å². The summed E-state index contributed by atoms with van der Waals surface area (Å²) in [6, 6.07) is 1.63. The van der Waals surface area contributed by atoms with Gasteiger partial charge in [-0.3, -0.25) is 9.59 Å². The van der Waals surface area contributed by atoms with Crippen molar-refractivity contribution in [1.29, 1.82) is 0 Å². The molecule has 0 amide bonds. The lowest BCUT2D eigenvalue weighted by Crippen LogP contribution is -2.13. The largest absolute Gasteiger partial charge is 0.481 e. The number of benzene rings is 1. The number of carbonyl (C=O) groups is 2. The van der Waals surface area contributed by atoms with Crippen molar-refractivity contribution in [3.05, 3.63) is 34.9 Å². The number of aliphatic carboxylic acids is 1. The van der Waals surface area contributed by atoms with Gasteiger partial charge in [0.25, 0.3) is 0 Å². The van der Waals surface area contributed by atoms with Crippen LogP contribution in [0.2, 0.25) is 0 Å². The van der Waals surface area contributed by atoms with E-state index in [-0.39, 0.29) is 17.5 Å². The van der Waals surface area contributed by atoms with Crippen LogP contribution in [0.4, 0.5) is 8.78 Å². The van der Waals surface area contributed by atoms with E-state index in [0.29, 0.717) is 6.29 Å². The van der Waals surface area contributed by atoms with Gasteiger partial charge in [-0.2, -0.15) is 0 Å².